The van der Waals surface area contributed by atoms with E-state index in [9.17, 15) is 24.2 Å². The highest BCUT2D eigenvalue weighted by Crippen LogP contribution is 2.46. The second-order valence-electron chi connectivity index (χ2n) is 7.27. The van der Waals surface area contributed by atoms with Gasteiger partial charge in [0.15, 0.2) is 6.10 Å². The molecule has 9 nitrogen and oxygen atoms in total. The van der Waals surface area contributed by atoms with Crippen molar-refractivity contribution in [2.45, 2.75) is 83.5 Å². The van der Waals surface area contributed by atoms with Crippen LogP contribution in [0.15, 0.2) is 0 Å². The van der Waals surface area contributed by atoms with E-state index in [2.05, 4.69) is 16.2 Å². The molecule has 4 unspecified atom stereocenters. The molecule has 1 fully saturated rings. The van der Waals surface area contributed by atoms with Crippen molar-refractivity contribution in [1.29, 1.82) is 0 Å². The number of ether oxygens (including phenoxy) is 1. The van der Waals surface area contributed by atoms with Crippen LogP contribution in [-0.2, 0) is 27.9 Å². The van der Waals surface area contributed by atoms with Gasteiger partial charge >= 0.3 is 13.8 Å². The molecule has 0 aromatic heterocycles. The fourth-order valence-corrected chi connectivity index (χ4v) is 3.85. The van der Waals surface area contributed by atoms with Gasteiger partial charge in [-0.15, -0.1) is 0 Å². The number of unbranched alkanes of at least 4 members (excludes halogenated alkanes) is 6. The van der Waals surface area contributed by atoms with Gasteiger partial charge in [0.05, 0.1) is 13.2 Å². The fourth-order valence-electron chi connectivity index (χ4n) is 2.89. The van der Waals surface area contributed by atoms with Gasteiger partial charge in [0.25, 0.3) is 0 Å². The zero-order valence-corrected chi connectivity index (χ0v) is 17.5. The van der Waals surface area contributed by atoms with Crippen LogP contribution in [0.25, 0.3) is 0 Å². The van der Waals surface area contributed by atoms with Crippen molar-refractivity contribution >= 4 is 19.6 Å². The molecule has 1 rings (SSSR count). The standard InChI is InChI=1S/C18H33O9P/c1-3-4-5-6-7-8-9-10-13(2)12-25-28(23,24)27-17-15(21)16(14(20)11-19)26-18(17)22/h13-14,16-17,19-20H,3-12H2,1-2H3,(H,23,24)/t13?,14?,16-,17?/m1/s1. The van der Waals surface area contributed by atoms with Crippen LogP contribution >= 0.6 is 7.82 Å². The van der Waals surface area contributed by atoms with Crippen LogP contribution in [0.4, 0.5) is 0 Å². The highest BCUT2D eigenvalue weighted by atomic mass is 31.2. The predicted octanol–water partition coefficient (Wildman–Crippen LogP) is 2.11. The first-order chi connectivity index (χ1) is 13.2. The van der Waals surface area contributed by atoms with Gasteiger partial charge in [-0.2, -0.15) is 0 Å². The van der Waals surface area contributed by atoms with E-state index in [1.54, 1.807) is 0 Å². The third-order valence-corrected chi connectivity index (χ3v) is 5.55. The van der Waals surface area contributed by atoms with Crippen molar-refractivity contribution < 1.29 is 43.0 Å². The van der Waals surface area contributed by atoms with E-state index >= 15 is 0 Å². The third kappa shape index (κ3) is 8.68. The number of phosphoric ester groups is 1. The first-order valence-corrected chi connectivity index (χ1v) is 11.4. The highest BCUT2D eigenvalue weighted by molar-refractivity contribution is 7.47. The van der Waals surface area contributed by atoms with E-state index in [4.69, 9.17) is 9.63 Å². The van der Waals surface area contributed by atoms with Crippen molar-refractivity contribution in [2.75, 3.05) is 13.2 Å². The number of rotatable bonds is 15. The molecule has 0 aliphatic carbocycles. The first-order valence-electron chi connectivity index (χ1n) is 9.90. The molecular formula is C18H33O9P. The summed E-state index contributed by atoms with van der Waals surface area (Å²) in [5.41, 5.74) is 0. The van der Waals surface area contributed by atoms with Gasteiger partial charge in [-0.25, -0.2) is 9.36 Å². The number of esters is 1. The topological polar surface area (TPSA) is 140 Å². The molecule has 0 saturated carbocycles. The van der Waals surface area contributed by atoms with Gasteiger partial charge in [0.2, 0.25) is 11.9 Å². The molecule has 1 heterocycles. The average Bonchev–Trinajstić information content (AvgIpc) is 2.93. The summed E-state index contributed by atoms with van der Waals surface area (Å²) in [6, 6.07) is 0. The average molecular weight is 424 g/mol. The molecule has 1 aliphatic rings. The van der Waals surface area contributed by atoms with Gasteiger partial charge in [-0.1, -0.05) is 58.8 Å². The second kappa shape index (κ2) is 12.7. The van der Waals surface area contributed by atoms with E-state index in [-0.39, 0.29) is 12.5 Å². The minimum absolute atomic E-state index is 0.00917. The van der Waals surface area contributed by atoms with Crippen LogP contribution in [-0.4, -0.2) is 58.4 Å². The van der Waals surface area contributed by atoms with Crippen molar-refractivity contribution in [2.24, 2.45) is 5.92 Å². The number of phosphoric acid groups is 1. The maximum atomic E-state index is 12.0. The Bertz CT molecular complexity index is 539. The Morgan fingerprint density at radius 1 is 1.14 bits per heavy atom. The molecule has 10 heteroatoms. The van der Waals surface area contributed by atoms with Gasteiger partial charge in [-0.3, -0.25) is 13.8 Å². The van der Waals surface area contributed by atoms with E-state index < -0.39 is 44.5 Å². The molecule has 0 aromatic rings. The molecule has 0 radical (unpaired) electrons. The number of aliphatic hydroxyl groups is 2. The SMILES string of the molecule is CCCCCCCCCC(C)COP(=O)(O)OC1C(=O)O[C@H](C(O)CO)C1=O. The normalized spacial score (nSPS) is 24.0. The van der Waals surface area contributed by atoms with Crippen LogP contribution in [0.1, 0.15) is 65.2 Å². The molecule has 0 aromatic carbocycles. The van der Waals surface area contributed by atoms with E-state index in [1.807, 2.05) is 6.92 Å². The summed E-state index contributed by atoms with van der Waals surface area (Å²) in [6.45, 7) is 3.19. The molecule has 164 valence electrons. The smallest absolute Gasteiger partial charge is 0.449 e. The van der Waals surface area contributed by atoms with Crippen molar-refractivity contribution in [3.8, 4) is 0 Å². The predicted molar refractivity (Wildman–Crippen MR) is 100 cm³/mol. The van der Waals surface area contributed by atoms with Crippen LogP contribution in [0.5, 0.6) is 0 Å². The van der Waals surface area contributed by atoms with Crippen molar-refractivity contribution in [1.82, 2.24) is 0 Å². The highest BCUT2D eigenvalue weighted by Gasteiger charge is 2.50. The van der Waals surface area contributed by atoms with Crippen LogP contribution < -0.4 is 0 Å². The Hall–Kier alpha value is -0.830. The lowest BCUT2D eigenvalue weighted by Crippen LogP contribution is -2.37. The second-order valence-corrected chi connectivity index (χ2v) is 8.68. The minimum atomic E-state index is -4.66. The van der Waals surface area contributed by atoms with E-state index in [1.165, 1.54) is 32.1 Å². The summed E-state index contributed by atoms with van der Waals surface area (Å²) in [4.78, 5) is 33.4. The molecule has 0 spiro atoms. The monoisotopic (exact) mass is 424 g/mol. The Kier molecular flexibility index (Phi) is 11.4. The summed E-state index contributed by atoms with van der Waals surface area (Å²) in [6.07, 6.45) is 3.81. The van der Waals surface area contributed by atoms with Gasteiger partial charge < -0.3 is 19.8 Å². The lowest BCUT2D eigenvalue weighted by Gasteiger charge is -2.17. The van der Waals surface area contributed by atoms with Crippen molar-refractivity contribution in [3.63, 3.8) is 0 Å². The number of ketones is 1. The number of Topliss-reactive ketones (excluding diaryl/α,β-unsaturated/α-hetero) is 1. The van der Waals surface area contributed by atoms with Crippen LogP contribution in [0.2, 0.25) is 0 Å². The first kappa shape index (κ1) is 25.2. The maximum Gasteiger partial charge on any atom is 0.473 e. The summed E-state index contributed by atoms with van der Waals surface area (Å²) < 4.78 is 26.2. The molecule has 5 atom stereocenters. The van der Waals surface area contributed by atoms with Crippen LogP contribution in [0, 0.1) is 5.92 Å². The summed E-state index contributed by atoms with van der Waals surface area (Å²) >= 11 is 0. The van der Waals surface area contributed by atoms with Crippen molar-refractivity contribution in [3.05, 3.63) is 0 Å². The number of hydrogen-bond donors (Lipinski definition) is 3. The van der Waals surface area contributed by atoms with Gasteiger partial charge in [0, 0.05) is 0 Å². The lowest BCUT2D eigenvalue weighted by atomic mass is 10.0. The number of cyclic esters (lactones) is 1. The Morgan fingerprint density at radius 2 is 1.75 bits per heavy atom. The Morgan fingerprint density at radius 3 is 2.36 bits per heavy atom. The summed E-state index contributed by atoms with van der Waals surface area (Å²) in [5, 5.41) is 18.3. The maximum absolute atomic E-state index is 12.0. The fraction of sp³-hybridized carbons (Fsp3) is 0.889. The zero-order chi connectivity index (χ0) is 21.2. The molecule has 28 heavy (non-hydrogen) atoms. The molecule has 3 N–H and O–H groups in total. The molecule has 0 bridgehead atoms. The van der Waals surface area contributed by atoms with Crippen LogP contribution in [0.3, 0.4) is 0 Å². The zero-order valence-electron chi connectivity index (χ0n) is 16.6. The number of aliphatic hydroxyl groups excluding tert-OH is 2. The molecule has 1 aliphatic heterocycles. The largest absolute Gasteiger partial charge is 0.473 e. The lowest BCUT2D eigenvalue weighted by molar-refractivity contribution is -0.151. The number of hydrogen-bond acceptors (Lipinski definition) is 8. The van der Waals surface area contributed by atoms with E-state index in [0.717, 1.165) is 19.3 Å². The minimum Gasteiger partial charge on any atom is -0.449 e. The number of carbonyl (C=O) groups is 2. The molecular weight excluding hydrogens is 391 g/mol. The van der Waals surface area contributed by atoms with Gasteiger partial charge in [-0.05, 0) is 12.3 Å². The summed E-state index contributed by atoms with van der Waals surface area (Å²) in [7, 11) is -4.66. The quantitative estimate of drug-likeness (QED) is 0.156. The molecule has 1 saturated heterocycles. The third-order valence-electron chi connectivity index (χ3n) is 4.59. The Balaban J connectivity index is 2.32. The Labute approximate surface area is 166 Å². The summed E-state index contributed by atoms with van der Waals surface area (Å²) in [5.74, 6) is -2.22. The molecule has 0 amide bonds. The van der Waals surface area contributed by atoms with E-state index in [0.29, 0.717) is 0 Å². The number of carbonyl (C=O) groups excluding carboxylic acids is 2. The van der Waals surface area contributed by atoms with Gasteiger partial charge in [0.1, 0.15) is 6.10 Å².